The molecule has 3 N–H and O–H groups in total. The molecule has 5 heteroatoms. The zero-order valence-electron chi connectivity index (χ0n) is 11.0. The van der Waals surface area contributed by atoms with Crippen LogP contribution in [0.25, 0.3) is 0 Å². The van der Waals surface area contributed by atoms with Crippen molar-refractivity contribution in [1.29, 1.82) is 0 Å². The number of hydrogen-bond acceptors (Lipinski definition) is 4. The minimum absolute atomic E-state index is 0.0393. The normalized spacial score (nSPS) is 12.6. The summed E-state index contributed by atoms with van der Waals surface area (Å²) in [5, 5.41) is 7.66. The van der Waals surface area contributed by atoms with E-state index >= 15 is 0 Å². The second-order valence-corrected chi connectivity index (χ2v) is 4.36. The van der Waals surface area contributed by atoms with Gasteiger partial charge in [-0.15, -0.1) is 0 Å². The summed E-state index contributed by atoms with van der Waals surface area (Å²) in [6, 6.07) is 2.02. The Morgan fingerprint density at radius 3 is 2.83 bits per heavy atom. The molecule has 0 fully saturated rings. The summed E-state index contributed by atoms with van der Waals surface area (Å²) in [6.45, 7) is 4.98. The third kappa shape index (κ3) is 2.36. The summed E-state index contributed by atoms with van der Waals surface area (Å²) in [6.07, 6.45) is 5.60. The first kappa shape index (κ1) is 12.6. The highest BCUT2D eigenvalue weighted by atomic mass is 15.2. The molecule has 0 bridgehead atoms. The van der Waals surface area contributed by atoms with Gasteiger partial charge in [0.15, 0.2) is 0 Å². The van der Waals surface area contributed by atoms with Crippen LogP contribution >= 0.6 is 0 Å². The Morgan fingerprint density at radius 1 is 1.50 bits per heavy atom. The summed E-state index contributed by atoms with van der Waals surface area (Å²) >= 11 is 0. The topological polar surface area (TPSA) is 68.8 Å². The van der Waals surface area contributed by atoms with Crippen molar-refractivity contribution in [2.45, 2.75) is 19.9 Å². The number of aromatic nitrogens is 3. The summed E-state index contributed by atoms with van der Waals surface area (Å²) in [5.74, 6) is 0.574. The van der Waals surface area contributed by atoms with Gasteiger partial charge >= 0.3 is 0 Å². The molecule has 2 rings (SSSR count). The smallest absolute Gasteiger partial charge is 0.128 e. The molecule has 1 unspecified atom stereocenters. The van der Waals surface area contributed by atoms with Gasteiger partial charge in [0.2, 0.25) is 0 Å². The number of hydrogen-bond donors (Lipinski definition) is 2. The number of nitrogens with zero attached hydrogens (tertiary/aromatic N) is 3. The maximum atomic E-state index is 6.02. The molecule has 0 amide bonds. The van der Waals surface area contributed by atoms with E-state index in [1.54, 1.807) is 10.9 Å². The monoisotopic (exact) mass is 245 g/mol. The molecule has 96 valence electrons. The lowest BCUT2D eigenvalue weighted by atomic mass is 9.98. The number of rotatable bonds is 4. The molecule has 0 aromatic carbocycles. The zero-order chi connectivity index (χ0) is 13.1. The molecule has 0 saturated heterocycles. The van der Waals surface area contributed by atoms with Crippen molar-refractivity contribution in [1.82, 2.24) is 20.1 Å². The number of nitrogen functional groups attached to an aromatic ring is 1. The highest BCUT2D eigenvalue weighted by Gasteiger charge is 2.19. The second kappa shape index (κ2) is 5.18. The molecule has 2 aromatic heterocycles. The van der Waals surface area contributed by atoms with E-state index in [2.05, 4.69) is 22.3 Å². The van der Waals surface area contributed by atoms with Crippen LogP contribution in [-0.4, -0.2) is 21.3 Å². The van der Waals surface area contributed by atoms with E-state index in [0.717, 1.165) is 23.2 Å². The maximum Gasteiger partial charge on any atom is 0.128 e. The molecular formula is C13H19N5. The molecule has 1 atom stereocenters. The fraction of sp³-hybridized carbons (Fsp3) is 0.385. The van der Waals surface area contributed by atoms with E-state index in [9.17, 15) is 0 Å². The highest BCUT2D eigenvalue weighted by Crippen LogP contribution is 2.27. The summed E-state index contributed by atoms with van der Waals surface area (Å²) in [4.78, 5) is 4.19. The number of aryl methyl sites for hydroxylation is 2. The Labute approximate surface area is 107 Å². The van der Waals surface area contributed by atoms with Gasteiger partial charge in [-0.25, -0.2) is 4.98 Å². The van der Waals surface area contributed by atoms with E-state index in [4.69, 9.17) is 5.73 Å². The molecule has 0 spiro atoms. The predicted molar refractivity (Wildman–Crippen MR) is 72.1 cm³/mol. The van der Waals surface area contributed by atoms with Crippen molar-refractivity contribution in [2.24, 2.45) is 7.05 Å². The van der Waals surface area contributed by atoms with Gasteiger partial charge in [0.1, 0.15) is 5.82 Å². The molecule has 18 heavy (non-hydrogen) atoms. The summed E-state index contributed by atoms with van der Waals surface area (Å²) in [5.41, 5.74) is 9.29. The molecule has 2 heterocycles. The Balaban J connectivity index is 2.47. The number of pyridine rings is 1. The molecule has 0 aliphatic heterocycles. The SMILES string of the molecule is CCNC(c1cnn(C)c1)c1c(C)ccnc1N. The Morgan fingerprint density at radius 2 is 2.28 bits per heavy atom. The number of nitrogens with two attached hydrogens (primary N) is 1. The van der Waals surface area contributed by atoms with Gasteiger partial charge in [-0.05, 0) is 25.1 Å². The Kier molecular flexibility index (Phi) is 3.62. The highest BCUT2D eigenvalue weighted by molar-refractivity contribution is 5.49. The minimum Gasteiger partial charge on any atom is -0.383 e. The lowest BCUT2D eigenvalue weighted by molar-refractivity contribution is 0.626. The van der Waals surface area contributed by atoms with Gasteiger partial charge in [-0.1, -0.05) is 6.92 Å². The third-order valence-electron chi connectivity index (χ3n) is 2.99. The van der Waals surface area contributed by atoms with E-state index in [1.165, 1.54) is 0 Å². The Hall–Kier alpha value is -1.88. The van der Waals surface area contributed by atoms with Gasteiger partial charge in [-0.3, -0.25) is 4.68 Å². The van der Waals surface area contributed by atoms with Crippen LogP contribution in [-0.2, 0) is 7.05 Å². The summed E-state index contributed by atoms with van der Waals surface area (Å²) < 4.78 is 1.79. The standard InChI is InChI=1S/C13H19N5/c1-4-15-12(10-7-17-18(3)8-10)11-9(2)5-6-16-13(11)14/h5-8,12,15H,4H2,1-3H3,(H2,14,16). The van der Waals surface area contributed by atoms with Gasteiger partial charge in [0.25, 0.3) is 0 Å². The molecule has 5 nitrogen and oxygen atoms in total. The molecule has 0 saturated carbocycles. The first-order chi connectivity index (χ1) is 8.63. The molecular weight excluding hydrogens is 226 g/mol. The molecule has 0 aliphatic carbocycles. The van der Waals surface area contributed by atoms with Crippen LogP contribution < -0.4 is 11.1 Å². The van der Waals surface area contributed by atoms with Crippen LogP contribution in [0.5, 0.6) is 0 Å². The fourth-order valence-electron chi connectivity index (χ4n) is 2.15. The quantitative estimate of drug-likeness (QED) is 0.854. The van der Waals surface area contributed by atoms with E-state index in [-0.39, 0.29) is 6.04 Å². The van der Waals surface area contributed by atoms with Crippen molar-refractivity contribution in [2.75, 3.05) is 12.3 Å². The molecule has 0 radical (unpaired) electrons. The van der Waals surface area contributed by atoms with Gasteiger partial charge in [0.05, 0.1) is 12.2 Å². The summed E-state index contributed by atoms with van der Waals surface area (Å²) in [7, 11) is 1.91. The van der Waals surface area contributed by atoms with E-state index in [1.807, 2.05) is 32.4 Å². The van der Waals surface area contributed by atoms with Gasteiger partial charge in [0, 0.05) is 30.6 Å². The van der Waals surface area contributed by atoms with Crippen LogP contribution in [0.15, 0.2) is 24.7 Å². The number of anilines is 1. The number of nitrogens with one attached hydrogen (secondary N) is 1. The predicted octanol–water partition coefficient (Wildman–Crippen LogP) is 1.40. The van der Waals surface area contributed by atoms with E-state index < -0.39 is 0 Å². The Bertz CT molecular complexity index is 512. The van der Waals surface area contributed by atoms with Crippen molar-refractivity contribution in [3.63, 3.8) is 0 Å². The maximum absolute atomic E-state index is 6.02. The average Bonchev–Trinajstić information content (AvgIpc) is 2.74. The van der Waals surface area contributed by atoms with Gasteiger partial charge < -0.3 is 11.1 Å². The zero-order valence-corrected chi connectivity index (χ0v) is 11.0. The third-order valence-corrected chi connectivity index (χ3v) is 2.99. The molecule has 2 aromatic rings. The van der Waals surface area contributed by atoms with Crippen molar-refractivity contribution < 1.29 is 0 Å². The second-order valence-electron chi connectivity index (χ2n) is 4.36. The lowest BCUT2D eigenvalue weighted by Crippen LogP contribution is -2.24. The van der Waals surface area contributed by atoms with Crippen LogP contribution in [0.3, 0.4) is 0 Å². The fourth-order valence-corrected chi connectivity index (χ4v) is 2.15. The lowest BCUT2D eigenvalue weighted by Gasteiger charge is -2.20. The van der Waals surface area contributed by atoms with Crippen molar-refractivity contribution in [3.05, 3.63) is 41.3 Å². The van der Waals surface area contributed by atoms with Crippen LogP contribution in [0, 0.1) is 6.92 Å². The van der Waals surface area contributed by atoms with Crippen LogP contribution in [0.1, 0.15) is 29.7 Å². The average molecular weight is 245 g/mol. The van der Waals surface area contributed by atoms with Crippen LogP contribution in [0.4, 0.5) is 5.82 Å². The van der Waals surface area contributed by atoms with Crippen LogP contribution in [0.2, 0.25) is 0 Å². The first-order valence-corrected chi connectivity index (χ1v) is 6.06. The minimum atomic E-state index is 0.0393. The van der Waals surface area contributed by atoms with Crippen molar-refractivity contribution >= 4 is 5.82 Å². The largest absolute Gasteiger partial charge is 0.383 e. The molecule has 0 aliphatic rings. The van der Waals surface area contributed by atoms with Crippen molar-refractivity contribution in [3.8, 4) is 0 Å². The first-order valence-electron chi connectivity index (χ1n) is 6.06. The van der Waals surface area contributed by atoms with E-state index in [0.29, 0.717) is 5.82 Å². The van der Waals surface area contributed by atoms with Gasteiger partial charge in [-0.2, -0.15) is 5.10 Å².